The van der Waals surface area contributed by atoms with E-state index in [0.717, 1.165) is 0 Å². The molecule has 0 heterocycles. The molecule has 0 fully saturated rings. The topological polar surface area (TPSA) is 36.9 Å². The second-order valence-electron chi connectivity index (χ2n) is 7.71. The van der Waals surface area contributed by atoms with E-state index < -0.39 is 34.0 Å². The van der Waals surface area contributed by atoms with Crippen molar-refractivity contribution in [2.24, 2.45) is 0 Å². The van der Waals surface area contributed by atoms with Gasteiger partial charge in [0.1, 0.15) is 0 Å². The molecule has 0 aliphatic heterocycles. The van der Waals surface area contributed by atoms with Gasteiger partial charge in [-0.3, -0.25) is 0 Å². The Morgan fingerprint density at radius 1 is 0.636 bits per heavy atom. The normalized spacial score (nSPS) is 12.3. The van der Waals surface area contributed by atoms with E-state index >= 15 is 0 Å². The van der Waals surface area contributed by atoms with E-state index in [4.69, 9.17) is 17.7 Å². The molecule has 0 aromatic rings. The van der Waals surface area contributed by atoms with Gasteiger partial charge < -0.3 is 17.7 Å². The summed E-state index contributed by atoms with van der Waals surface area (Å²) in [5, 5.41) is 0. The van der Waals surface area contributed by atoms with E-state index in [1.165, 1.54) is 5.67 Å². The lowest BCUT2D eigenvalue weighted by Gasteiger charge is -2.28. The van der Waals surface area contributed by atoms with Crippen molar-refractivity contribution >= 4 is 34.0 Å². The molecule has 0 aliphatic rings. The molecule has 0 spiro atoms. The SMILES string of the molecule is CO[SiH](C)C.CO[Si](C)(C)C.CO[Si](C)(C)C[Si](C)(C)OC. The lowest BCUT2D eigenvalue weighted by atomic mass is 11.7. The van der Waals surface area contributed by atoms with Crippen molar-refractivity contribution in [1.29, 1.82) is 0 Å². The summed E-state index contributed by atoms with van der Waals surface area (Å²) in [6.07, 6.45) is 0. The van der Waals surface area contributed by atoms with Crippen LogP contribution in [0.4, 0.5) is 0 Å². The van der Waals surface area contributed by atoms with Crippen LogP contribution >= 0.6 is 0 Å². The molecule has 0 unspecified atom stereocenters. The third-order valence-corrected chi connectivity index (χ3v) is 14.2. The fourth-order valence-corrected chi connectivity index (χ4v) is 10.5. The maximum absolute atomic E-state index is 5.47. The van der Waals surface area contributed by atoms with Gasteiger partial charge in [0.2, 0.25) is 0 Å². The van der Waals surface area contributed by atoms with E-state index in [-0.39, 0.29) is 0 Å². The van der Waals surface area contributed by atoms with Crippen molar-refractivity contribution in [2.45, 2.75) is 64.6 Å². The highest BCUT2D eigenvalue weighted by molar-refractivity contribution is 6.89. The van der Waals surface area contributed by atoms with Crippen LogP contribution in [0.2, 0.25) is 64.6 Å². The van der Waals surface area contributed by atoms with Gasteiger partial charge in [-0.15, -0.1) is 0 Å². The average Bonchev–Trinajstić information content (AvgIpc) is 2.38. The van der Waals surface area contributed by atoms with Crippen molar-refractivity contribution in [2.75, 3.05) is 28.4 Å². The fraction of sp³-hybridized carbons (Fsp3) is 1.00. The molecule has 0 aromatic heterocycles. The largest absolute Gasteiger partial charge is 0.424 e. The summed E-state index contributed by atoms with van der Waals surface area (Å²) in [7, 11) is 2.58. The fourth-order valence-electron chi connectivity index (χ4n) is 1.17. The van der Waals surface area contributed by atoms with Gasteiger partial charge in [-0.1, -0.05) is 0 Å². The summed E-state index contributed by atoms with van der Waals surface area (Å²) in [4.78, 5) is 0. The van der Waals surface area contributed by atoms with Gasteiger partial charge in [0.15, 0.2) is 34.0 Å². The minimum Gasteiger partial charge on any atom is -0.424 e. The number of hydrogen-bond acceptors (Lipinski definition) is 4. The van der Waals surface area contributed by atoms with Gasteiger partial charge in [0.25, 0.3) is 0 Å². The molecule has 0 saturated heterocycles. The quantitative estimate of drug-likeness (QED) is 0.637. The smallest absolute Gasteiger partial charge is 0.185 e. The summed E-state index contributed by atoms with van der Waals surface area (Å²) in [5.41, 5.74) is 1.17. The Labute approximate surface area is 145 Å². The Kier molecular flexibility index (Phi) is 16.3. The first kappa shape index (κ1) is 27.6. The van der Waals surface area contributed by atoms with Crippen LogP contribution in [0.5, 0.6) is 0 Å². The van der Waals surface area contributed by atoms with Crippen LogP contribution in [0.25, 0.3) is 0 Å². The highest BCUT2D eigenvalue weighted by atomic mass is 28.4. The van der Waals surface area contributed by atoms with Crippen molar-refractivity contribution in [3.05, 3.63) is 0 Å². The molecule has 0 radical (unpaired) electrons. The molecule has 138 valence electrons. The van der Waals surface area contributed by atoms with E-state index in [0.29, 0.717) is 0 Å². The lowest BCUT2D eigenvalue weighted by molar-refractivity contribution is 0.388. The van der Waals surface area contributed by atoms with Gasteiger partial charge >= 0.3 is 0 Å². The lowest BCUT2D eigenvalue weighted by Crippen LogP contribution is -2.42. The maximum atomic E-state index is 5.47. The third-order valence-electron chi connectivity index (χ3n) is 3.04. The molecule has 0 aromatic carbocycles. The molecule has 0 saturated carbocycles. The van der Waals surface area contributed by atoms with E-state index in [2.05, 4.69) is 58.9 Å². The average molecular weight is 387 g/mol. The Bertz CT molecular complexity index is 240. The van der Waals surface area contributed by atoms with Gasteiger partial charge in [-0.05, 0) is 64.6 Å². The predicted molar refractivity (Wildman–Crippen MR) is 110 cm³/mol. The molecular weight excluding hydrogens is 344 g/mol. The van der Waals surface area contributed by atoms with Gasteiger partial charge in [0.05, 0.1) is 0 Å². The molecule has 0 aliphatic carbocycles. The summed E-state index contributed by atoms with van der Waals surface area (Å²) >= 11 is 0. The maximum Gasteiger partial charge on any atom is 0.185 e. The summed E-state index contributed by atoms with van der Waals surface area (Å²) in [5.74, 6) is 0. The number of rotatable bonds is 6. The van der Waals surface area contributed by atoms with Crippen LogP contribution in [-0.2, 0) is 17.7 Å². The molecule has 0 rings (SSSR count). The van der Waals surface area contributed by atoms with E-state index in [1.54, 1.807) is 14.2 Å². The molecule has 0 bridgehead atoms. The minimum absolute atomic E-state index is 0.650. The van der Waals surface area contributed by atoms with Gasteiger partial charge in [0, 0.05) is 28.4 Å². The first-order valence-electron chi connectivity index (χ1n) is 7.84. The Morgan fingerprint density at radius 2 is 0.864 bits per heavy atom. The molecule has 0 N–H and O–H groups in total. The highest BCUT2D eigenvalue weighted by Gasteiger charge is 2.33. The molecule has 0 atom stereocenters. The zero-order valence-electron chi connectivity index (χ0n) is 17.4. The second kappa shape index (κ2) is 13.0. The Balaban J connectivity index is -0.000000277. The van der Waals surface area contributed by atoms with Crippen LogP contribution in [-0.4, -0.2) is 62.4 Å². The minimum atomic E-state index is -1.40. The van der Waals surface area contributed by atoms with Crippen LogP contribution in [0.1, 0.15) is 0 Å². The molecule has 4 nitrogen and oxygen atoms in total. The van der Waals surface area contributed by atoms with Crippen molar-refractivity contribution in [3.63, 3.8) is 0 Å². The zero-order chi connectivity index (χ0) is 18.6. The first-order valence-corrected chi connectivity index (χ1v) is 20.3. The monoisotopic (exact) mass is 386 g/mol. The first-order chi connectivity index (χ1) is 9.66. The second-order valence-corrected chi connectivity index (χ2v) is 24.2. The third kappa shape index (κ3) is 25.6. The Morgan fingerprint density at radius 3 is 0.955 bits per heavy atom. The zero-order valence-corrected chi connectivity index (χ0v) is 21.6. The van der Waals surface area contributed by atoms with Crippen LogP contribution in [0.3, 0.4) is 0 Å². The van der Waals surface area contributed by atoms with Crippen LogP contribution in [0.15, 0.2) is 0 Å². The number of hydrogen-bond donors (Lipinski definition) is 0. The summed E-state index contributed by atoms with van der Waals surface area (Å²) in [6.45, 7) is 19.7. The molecule has 8 heteroatoms. The Hall–Kier alpha value is 0.708. The van der Waals surface area contributed by atoms with Crippen molar-refractivity contribution in [1.82, 2.24) is 0 Å². The van der Waals surface area contributed by atoms with Crippen LogP contribution < -0.4 is 0 Å². The molecule has 22 heavy (non-hydrogen) atoms. The van der Waals surface area contributed by atoms with Crippen molar-refractivity contribution in [3.8, 4) is 0 Å². The predicted octanol–water partition coefficient (Wildman–Crippen LogP) is 4.31. The highest BCUT2D eigenvalue weighted by Crippen LogP contribution is 2.20. The summed E-state index contributed by atoms with van der Waals surface area (Å²) < 4.78 is 20.9. The standard InChI is InChI=1S/C7H20O2Si2.C4H12OSi.C3H10OSi/c1-8-10(3,4)7-11(5,6)9-2;1-5-6(2,3)4;1-4-5(2)3/h7H2,1-6H3;1-4H3;5H,1-3H3. The van der Waals surface area contributed by atoms with E-state index in [9.17, 15) is 0 Å². The van der Waals surface area contributed by atoms with Crippen molar-refractivity contribution < 1.29 is 17.7 Å². The molecule has 0 amide bonds. The molecular formula is C14H42O4Si4. The van der Waals surface area contributed by atoms with Gasteiger partial charge in [-0.2, -0.15) is 0 Å². The summed E-state index contributed by atoms with van der Waals surface area (Å²) in [6, 6.07) is 0. The van der Waals surface area contributed by atoms with Gasteiger partial charge in [-0.25, -0.2) is 0 Å². The van der Waals surface area contributed by atoms with E-state index in [1.807, 2.05) is 14.2 Å². The van der Waals surface area contributed by atoms with Crippen LogP contribution in [0, 0.1) is 0 Å².